The van der Waals surface area contributed by atoms with Gasteiger partial charge in [0.1, 0.15) is 5.02 Å². The maximum absolute atomic E-state index is 15.3. The molecule has 0 fully saturated rings. The van der Waals surface area contributed by atoms with Crippen LogP contribution in [-0.2, 0) is 27.5 Å². The SMILES string of the molecule is COc1c(OCCCOc2c(O)c(Cl)c3sc(C(=O)C[C@H](C)C(=O)O)cc3c2Cl)cc2c(c1F)CN(C(=O)C[C@H](C)C(=O)O)C2. The van der Waals surface area contributed by atoms with Crippen LogP contribution in [0.4, 0.5) is 4.39 Å². The third-order valence-corrected chi connectivity index (χ3v) is 9.37. The van der Waals surface area contributed by atoms with E-state index in [2.05, 4.69) is 0 Å². The highest BCUT2D eigenvalue weighted by Gasteiger charge is 2.31. The van der Waals surface area contributed by atoms with Crippen LogP contribution in [0.15, 0.2) is 12.1 Å². The maximum atomic E-state index is 15.3. The average molecular weight is 687 g/mol. The molecule has 4 rings (SSSR count). The number of fused-ring (bicyclic) bond motifs is 2. The molecule has 15 heteroatoms. The van der Waals surface area contributed by atoms with E-state index in [1.54, 1.807) is 6.07 Å². The van der Waals surface area contributed by atoms with Crippen molar-refractivity contribution in [2.45, 2.75) is 46.2 Å². The summed E-state index contributed by atoms with van der Waals surface area (Å²) < 4.78 is 32.4. The van der Waals surface area contributed by atoms with Crippen LogP contribution in [0.1, 0.15) is 53.9 Å². The van der Waals surface area contributed by atoms with Gasteiger partial charge in [0.05, 0.1) is 46.8 Å². The molecule has 1 aliphatic heterocycles. The van der Waals surface area contributed by atoms with Crippen LogP contribution in [0, 0.1) is 17.7 Å². The predicted octanol–water partition coefficient (Wildman–Crippen LogP) is 6.16. The molecule has 242 valence electrons. The van der Waals surface area contributed by atoms with E-state index in [4.69, 9.17) is 47.6 Å². The van der Waals surface area contributed by atoms with Gasteiger partial charge >= 0.3 is 11.9 Å². The van der Waals surface area contributed by atoms with Gasteiger partial charge in [0, 0.05) is 43.3 Å². The molecule has 0 saturated heterocycles. The van der Waals surface area contributed by atoms with Gasteiger partial charge in [-0.3, -0.25) is 19.2 Å². The highest BCUT2D eigenvalue weighted by molar-refractivity contribution is 7.21. The molecule has 1 amide bonds. The number of phenols is 1. The molecule has 0 unspecified atom stereocenters. The quantitative estimate of drug-likeness (QED) is 0.133. The van der Waals surface area contributed by atoms with Crippen LogP contribution in [0.2, 0.25) is 10.0 Å². The van der Waals surface area contributed by atoms with Gasteiger partial charge in [0.25, 0.3) is 0 Å². The number of ether oxygens (including phenoxy) is 3. The summed E-state index contributed by atoms with van der Waals surface area (Å²) in [5, 5.41) is 29.2. The summed E-state index contributed by atoms with van der Waals surface area (Å²) in [6.07, 6.45) is -0.166. The number of hydrogen-bond acceptors (Lipinski definition) is 9. The van der Waals surface area contributed by atoms with E-state index in [0.29, 0.717) is 15.6 Å². The number of aromatic hydroxyl groups is 1. The summed E-state index contributed by atoms with van der Waals surface area (Å²) in [7, 11) is 1.29. The smallest absolute Gasteiger partial charge is 0.306 e. The number of Topliss-reactive ketones (excluding diaryl/α,β-unsaturated/α-hetero) is 1. The van der Waals surface area contributed by atoms with E-state index < -0.39 is 47.0 Å². The summed E-state index contributed by atoms with van der Waals surface area (Å²) in [4.78, 5) is 49.0. The molecule has 0 bridgehead atoms. The first kappa shape index (κ1) is 34.1. The number of halogens is 3. The molecule has 45 heavy (non-hydrogen) atoms. The number of benzene rings is 2. The van der Waals surface area contributed by atoms with Crippen molar-refractivity contribution in [3.8, 4) is 23.0 Å². The third-order valence-electron chi connectivity index (χ3n) is 7.32. The first-order valence-electron chi connectivity index (χ1n) is 13.8. The van der Waals surface area contributed by atoms with Crippen molar-refractivity contribution in [1.82, 2.24) is 4.90 Å². The Bertz CT molecular complexity index is 1680. The fraction of sp³-hybridized carbons (Fsp3) is 0.400. The molecule has 0 aliphatic carbocycles. The fourth-order valence-corrected chi connectivity index (χ4v) is 6.42. The Labute approximate surface area is 271 Å². The minimum Gasteiger partial charge on any atom is -0.503 e. The molecule has 2 aromatic carbocycles. The normalized spacial score (nSPS) is 13.8. The molecule has 0 spiro atoms. The van der Waals surface area contributed by atoms with Gasteiger partial charge in [-0.25, -0.2) is 4.39 Å². The lowest BCUT2D eigenvalue weighted by atomic mass is 10.0. The minimum absolute atomic E-state index is 0.000939. The number of phenolic OH excluding ortho intramolecular Hbond substituents is 1. The van der Waals surface area contributed by atoms with Crippen molar-refractivity contribution >= 4 is 68.3 Å². The van der Waals surface area contributed by atoms with E-state index in [0.717, 1.165) is 11.3 Å². The van der Waals surface area contributed by atoms with Gasteiger partial charge in [0.15, 0.2) is 34.6 Å². The number of carboxylic acid groups (broad SMARTS) is 2. The van der Waals surface area contributed by atoms with Gasteiger partial charge in [-0.05, 0) is 17.7 Å². The second-order valence-corrected chi connectivity index (χ2v) is 12.4. The molecule has 1 aromatic heterocycles. The number of carboxylic acids is 2. The predicted molar refractivity (Wildman–Crippen MR) is 163 cm³/mol. The van der Waals surface area contributed by atoms with Crippen LogP contribution < -0.4 is 14.2 Å². The van der Waals surface area contributed by atoms with Crippen LogP contribution in [-0.4, -0.2) is 64.2 Å². The number of aliphatic carboxylic acids is 2. The number of thiophene rings is 1. The van der Waals surface area contributed by atoms with Crippen molar-refractivity contribution in [2.75, 3.05) is 20.3 Å². The van der Waals surface area contributed by atoms with Crippen LogP contribution in [0.5, 0.6) is 23.0 Å². The number of rotatable bonds is 14. The molecule has 3 aromatic rings. The number of ketones is 1. The standard InChI is InChI=1S/C30H30Cl2FNO10S/c1-13(29(38)39)7-18(35)20-10-16-22(31)27(25(37)23(32)28(16)45-20)44-6-4-5-43-19-9-15-11-34(21(36)8-14(2)30(40)41)12-17(15)24(33)26(19)42-3/h9-10,13-14,37H,4-8,11-12H2,1-3H3,(H,38,39)(H,40,41)/t13-,14-/m0/s1. The van der Waals surface area contributed by atoms with Crippen molar-refractivity contribution in [3.63, 3.8) is 0 Å². The topological polar surface area (TPSA) is 160 Å². The van der Waals surface area contributed by atoms with Gasteiger partial charge in [-0.1, -0.05) is 37.0 Å². The molecule has 3 N–H and O–H groups in total. The van der Waals surface area contributed by atoms with E-state index in [1.165, 1.54) is 31.9 Å². The minimum atomic E-state index is -1.10. The molecule has 2 heterocycles. The second kappa shape index (κ2) is 14.1. The monoisotopic (exact) mass is 685 g/mol. The lowest BCUT2D eigenvalue weighted by molar-refractivity contribution is -0.145. The van der Waals surface area contributed by atoms with E-state index in [9.17, 15) is 24.3 Å². The summed E-state index contributed by atoms with van der Waals surface area (Å²) in [5.41, 5.74) is 0.785. The molecule has 0 saturated carbocycles. The Morgan fingerprint density at radius 2 is 1.62 bits per heavy atom. The first-order valence-corrected chi connectivity index (χ1v) is 15.4. The summed E-state index contributed by atoms with van der Waals surface area (Å²) in [6, 6.07) is 3.06. The summed E-state index contributed by atoms with van der Waals surface area (Å²) in [6.45, 7) is 2.97. The van der Waals surface area contributed by atoms with Crippen molar-refractivity contribution in [2.24, 2.45) is 11.8 Å². The molecule has 0 radical (unpaired) electrons. The number of amides is 1. The highest BCUT2D eigenvalue weighted by Crippen LogP contribution is 2.49. The van der Waals surface area contributed by atoms with Crippen LogP contribution >= 0.6 is 34.5 Å². The van der Waals surface area contributed by atoms with Gasteiger partial charge in [0.2, 0.25) is 5.91 Å². The van der Waals surface area contributed by atoms with Crippen molar-refractivity contribution in [3.05, 3.63) is 44.0 Å². The zero-order chi connectivity index (χ0) is 33.2. The fourth-order valence-electron chi connectivity index (χ4n) is 4.71. The molecule has 2 atom stereocenters. The number of carbonyl (C=O) groups is 4. The third kappa shape index (κ3) is 7.21. The summed E-state index contributed by atoms with van der Waals surface area (Å²) in [5.74, 6) is -5.97. The molecule has 11 nitrogen and oxygen atoms in total. The van der Waals surface area contributed by atoms with E-state index in [-0.39, 0.29) is 83.3 Å². The zero-order valence-electron chi connectivity index (χ0n) is 24.4. The van der Waals surface area contributed by atoms with Gasteiger partial charge < -0.3 is 34.4 Å². The molecular formula is C30H30Cl2FNO10S. The lowest BCUT2D eigenvalue weighted by Gasteiger charge is -2.16. The molecule has 1 aliphatic rings. The Morgan fingerprint density at radius 1 is 0.978 bits per heavy atom. The van der Waals surface area contributed by atoms with Crippen LogP contribution in [0.3, 0.4) is 0 Å². The van der Waals surface area contributed by atoms with Crippen molar-refractivity contribution < 1.29 is 53.1 Å². The first-order chi connectivity index (χ1) is 21.2. The Balaban J connectivity index is 1.40. The van der Waals surface area contributed by atoms with E-state index in [1.807, 2.05) is 0 Å². The van der Waals surface area contributed by atoms with Gasteiger partial charge in [-0.2, -0.15) is 0 Å². The summed E-state index contributed by atoms with van der Waals surface area (Å²) >= 11 is 13.8. The Morgan fingerprint density at radius 3 is 2.27 bits per heavy atom. The Kier molecular flexibility index (Phi) is 10.7. The number of nitrogens with zero attached hydrogens (tertiary/aromatic N) is 1. The number of carbonyl (C=O) groups excluding carboxylic acids is 2. The second-order valence-electron chi connectivity index (χ2n) is 10.6. The number of methoxy groups -OCH3 is 1. The average Bonchev–Trinajstić information content (AvgIpc) is 3.63. The maximum Gasteiger partial charge on any atom is 0.306 e. The van der Waals surface area contributed by atoms with Crippen LogP contribution in [0.25, 0.3) is 10.1 Å². The Hall–Kier alpha value is -3.81. The molecular weight excluding hydrogens is 656 g/mol. The van der Waals surface area contributed by atoms with Gasteiger partial charge in [-0.15, -0.1) is 11.3 Å². The highest BCUT2D eigenvalue weighted by atomic mass is 35.5. The lowest BCUT2D eigenvalue weighted by Crippen LogP contribution is -2.28. The largest absolute Gasteiger partial charge is 0.503 e. The van der Waals surface area contributed by atoms with Crippen molar-refractivity contribution in [1.29, 1.82) is 0 Å². The zero-order valence-corrected chi connectivity index (χ0v) is 26.8. The number of hydrogen-bond donors (Lipinski definition) is 3. The van der Waals surface area contributed by atoms with E-state index >= 15 is 4.39 Å².